The van der Waals surface area contributed by atoms with Crippen LogP contribution in [0.4, 0.5) is 0 Å². The van der Waals surface area contributed by atoms with Crippen molar-refractivity contribution in [2.75, 3.05) is 20.1 Å². The van der Waals surface area contributed by atoms with Crippen LogP contribution in [-0.4, -0.2) is 43.0 Å². The maximum absolute atomic E-state index is 11.9. The number of para-hydroxylation sites is 1. The minimum atomic E-state index is 0.00553. The third-order valence-electron chi connectivity index (χ3n) is 5.20. The fourth-order valence-electron chi connectivity index (χ4n) is 3.52. The van der Waals surface area contributed by atoms with Crippen LogP contribution in [0.5, 0.6) is 5.75 Å². The van der Waals surface area contributed by atoms with E-state index in [2.05, 4.69) is 33.8 Å². The molecule has 1 fully saturated rings. The highest BCUT2D eigenvalue weighted by molar-refractivity contribution is 5.79. The lowest BCUT2D eigenvalue weighted by Crippen LogP contribution is -2.41. The van der Waals surface area contributed by atoms with Crippen molar-refractivity contribution in [3.8, 4) is 5.75 Å². The first kappa shape index (κ1) is 21.7. The van der Waals surface area contributed by atoms with Gasteiger partial charge in [-0.25, -0.2) is 0 Å². The summed E-state index contributed by atoms with van der Waals surface area (Å²) in [4.78, 5) is 18.1. The number of hydrogen-bond acceptors (Lipinski definition) is 3. The highest BCUT2D eigenvalue weighted by Crippen LogP contribution is 2.17. The molecule has 2 aromatic carbocycles. The van der Waals surface area contributed by atoms with Gasteiger partial charge in [-0.2, -0.15) is 0 Å². The number of rotatable bonds is 8. The highest BCUT2D eigenvalue weighted by atomic mass is 16.5. The molecule has 0 radical (unpaired) electrons. The largest absolute Gasteiger partial charge is 0.489 e. The number of carbonyl (C=O) groups is 1. The summed E-state index contributed by atoms with van der Waals surface area (Å²) in [6, 6.07) is 16.4. The molecule has 6 heteroatoms. The van der Waals surface area contributed by atoms with Crippen molar-refractivity contribution in [1.82, 2.24) is 15.5 Å². The SMILES string of the molecule is CN=C(NCc1cccc(CN2CCCC2=O)c1)NCC(C)Oc1ccccc1C. The van der Waals surface area contributed by atoms with E-state index < -0.39 is 0 Å². The van der Waals surface area contributed by atoms with Crippen molar-refractivity contribution in [3.63, 3.8) is 0 Å². The predicted molar refractivity (Wildman–Crippen MR) is 121 cm³/mol. The van der Waals surface area contributed by atoms with Gasteiger partial charge in [0.2, 0.25) is 5.91 Å². The zero-order valence-corrected chi connectivity index (χ0v) is 18.1. The molecule has 1 atom stereocenters. The number of nitrogens with zero attached hydrogens (tertiary/aromatic N) is 2. The molecule has 0 aromatic heterocycles. The van der Waals surface area contributed by atoms with Crippen LogP contribution in [0, 0.1) is 6.92 Å². The molecule has 160 valence electrons. The van der Waals surface area contributed by atoms with Gasteiger partial charge in [-0.15, -0.1) is 0 Å². The lowest BCUT2D eigenvalue weighted by atomic mass is 10.1. The Balaban J connectivity index is 1.46. The number of nitrogens with one attached hydrogen (secondary N) is 2. The van der Waals surface area contributed by atoms with Crippen LogP contribution in [0.1, 0.15) is 36.5 Å². The Bertz CT molecular complexity index is 881. The number of carbonyl (C=O) groups excluding carboxylic acids is 1. The Morgan fingerprint density at radius 1 is 1.17 bits per heavy atom. The van der Waals surface area contributed by atoms with Gasteiger partial charge < -0.3 is 20.3 Å². The van der Waals surface area contributed by atoms with Gasteiger partial charge in [0.05, 0.1) is 6.54 Å². The Morgan fingerprint density at radius 3 is 2.70 bits per heavy atom. The van der Waals surface area contributed by atoms with E-state index in [0.29, 0.717) is 26.1 Å². The van der Waals surface area contributed by atoms with Crippen LogP contribution in [-0.2, 0) is 17.9 Å². The molecule has 0 aliphatic carbocycles. The summed E-state index contributed by atoms with van der Waals surface area (Å²) in [7, 11) is 1.76. The fourth-order valence-corrected chi connectivity index (χ4v) is 3.52. The monoisotopic (exact) mass is 408 g/mol. The number of hydrogen-bond donors (Lipinski definition) is 2. The van der Waals surface area contributed by atoms with Crippen LogP contribution in [0.2, 0.25) is 0 Å². The second-order valence-electron chi connectivity index (χ2n) is 7.74. The summed E-state index contributed by atoms with van der Waals surface area (Å²) in [5, 5.41) is 6.67. The molecule has 1 amide bonds. The lowest BCUT2D eigenvalue weighted by Gasteiger charge is -2.19. The summed E-state index contributed by atoms with van der Waals surface area (Å²) < 4.78 is 6.01. The van der Waals surface area contributed by atoms with E-state index >= 15 is 0 Å². The summed E-state index contributed by atoms with van der Waals surface area (Å²) in [5.74, 6) is 1.89. The molecule has 3 rings (SSSR count). The van der Waals surface area contributed by atoms with E-state index in [0.717, 1.165) is 41.4 Å². The molecule has 0 spiro atoms. The van der Waals surface area contributed by atoms with Gasteiger partial charge in [0.25, 0.3) is 0 Å². The van der Waals surface area contributed by atoms with Gasteiger partial charge in [-0.3, -0.25) is 9.79 Å². The average Bonchev–Trinajstić information content (AvgIpc) is 3.14. The third-order valence-corrected chi connectivity index (χ3v) is 5.20. The molecule has 1 heterocycles. The van der Waals surface area contributed by atoms with Crippen LogP contribution in [0.15, 0.2) is 53.5 Å². The molecule has 0 bridgehead atoms. The van der Waals surface area contributed by atoms with Crippen LogP contribution in [0.3, 0.4) is 0 Å². The molecule has 1 aliphatic rings. The molecule has 1 unspecified atom stereocenters. The summed E-state index contributed by atoms with van der Waals surface area (Å²) in [6.45, 7) is 6.94. The standard InChI is InChI=1S/C24H32N4O2/c1-18-8-4-5-11-22(18)30-19(2)15-26-24(25-3)27-16-20-9-6-10-21(14-20)17-28-13-7-12-23(28)29/h4-6,8-11,14,19H,7,12-13,15-17H2,1-3H3,(H2,25,26,27). The first-order chi connectivity index (χ1) is 14.5. The number of likely N-dealkylation sites (tertiary alicyclic amines) is 1. The molecular weight excluding hydrogens is 376 g/mol. The molecule has 1 aliphatic heterocycles. The Labute approximate surface area is 179 Å². The Morgan fingerprint density at radius 2 is 1.97 bits per heavy atom. The van der Waals surface area contributed by atoms with Gasteiger partial charge in [-0.05, 0) is 43.0 Å². The minimum absolute atomic E-state index is 0.00553. The molecule has 0 saturated carbocycles. The smallest absolute Gasteiger partial charge is 0.222 e. The van der Waals surface area contributed by atoms with E-state index in [4.69, 9.17) is 4.74 Å². The van der Waals surface area contributed by atoms with Crippen molar-refractivity contribution in [3.05, 3.63) is 65.2 Å². The van der Waals surface area contributed by atoms with Gasteiger partial charge in [0.1, 0.15) is 11.9 Å². The average molecular weight is 409 g/mol. The Hall–Kier alpha value is -3.02. The quantitative estimate of drug-likeness (QED) is 0.520. The van der Waals surface area contributed by atoms with Crippen molar-refractivity contribution >= 4 is 11.9 Å². The minimum Gasteiger partial charge on any atom is -0.489 e. The molecule has 2 N–H and O–H groups in total. The maximum atomic E-state index is 11.9. The number of amides is 1. The summed E-state index contributed by atoms with van der Waals surface area (Å²) >= 11 is 0. The number of aliphatic imine (C=N–C) groups is 1. The topological polar surface area (TPSA) is 66.0 Å². The van der Waals surface area contributed by atoms with Crippen molar-refractivity contribution < 1.29 is 9.53 Å². The van der Waals surface area contributed by atoms with Crippen molar-refractivity contribution in [1.29, 1.82) is 0 Å². The maximum Gasteiger partial charge on any atom is 0.222 e. The second kappa shape index (κ2) is 10.7. The van der Waals surface area contributed by atoms with Crippen LogP contribution >= 0.6 is 0 Å². The molecule has 30 heavy (non-hydrogen) atoms. The normalized spacial score (nSPS) is 15.2. The molecule has 6 nitrogen and oxygen atoms in total. The number of benzene rings is 2. The molecular formula is C24H32N4O2. The zero-order valence-electron chi connectivity index (χ0n) is 18.1. The third kappa shape index (κ3) is 6.24. The fraction of sp³-hybridized carbons (Fsp3) is 0.417. The van der Waals surface area contributed by atoms with E-state index in [1.165, 1.54) is 0 Å². The van der Waals surface area contributed by atoms with Crippen molar-refractivity contribution in [2.24, 2.45) is 4.99 Å². The van der Waals surface area contributed by atoms with Gasteiger partial charge in [-0.1, -0.05) is 42.5 Å². The molecule has 1 saturated heterocycles. The second-order valence-corrected chi connectivity index (χ2v) is 7.74. The predicted octanol–water partition coefficient (Wildman–Crippen LogP) is 3.25. The van der Waals surface area contributed by atoms with E-state index in [1.807, 2.05) is 49.1 Å². The molecule has 2 aromatic rings. The number of aryl methyl sites for hydroxylation is 1. The number of guanidine groups is 1. The summed E-state index contributed by atoms with van der Waals surface area (Å²) in [5.41, 5.74) is 3.45. The first-order valence-electron chi connectivity index (χ1n) is 10.6. The first-order valence-corrected chi connectivity index (χ1v) is 10.6. The zero-order chi connectivity index (χ0) is 21.3. The Kier molecular flexibility index (Phi) is 7.71. The van der Waals surface area contributed by atoms with Crippen LogP contribution in [0.25, 0.3) is 0 Å². The van der Waals surface area contributed by atoms with Crippen LogP contribution < -0.4 is 15.4 Å². The van der Waals surface area contributed by atoms with Crippen molar-refractivity contribution in [2.45, 2.75) is 45.9 Å². The van der Waals surface area contributed by atoms with E-state index in [-0.39, 0.29) is 12.0 Å². The highest BCUT2D eigenvalue weighted by Gasteiger charge is 2.19. The number of ether oxygens (including phenoxy) is 1. The van der Waals surface area contributed by atoms with E-state index in [9.17, 15) is 4.79 Å². The van der Waals surface area contributed by atoms with Gasteiger partial charge in [0, 0.05) is 33.1 Å². The lowest BCUT2D eigenvalue weighted by molar-refractivity contribution is -0.128. The van der Waals surface area contributed by atoms with Gasteiger partial charge in [0.15, 0.2) is 5.96 Å². The van der Waals surface area contributed by atoms with Gasteiger partial charge >= 0.3 is 0 Å². The van der Waals surface area contributed by atoms with E-state index in [1.54, 1.807) is 7.05 Å². The summed E-state index contributed by atoms with van der Waals surface area (Å²) in [6.07, 6.45) is 1.65.